The minimum Gasteiger partial charge on any atom is -0.393 e. The van der Waals surface area contributed by atoms with Crippen LogP contribution in [0.25, 0.3) is 0 Å². The van der Waals surface area contributed by atoms with Crippen LogP contribution in [-0.4, -0.2) is 9.97 Å². The number of halogens is 1. The fourth-order valence-corrected chi connectivity index (χ4v) is 2.48. The van der Waals surface area contributed by atoms with Crippen molar-refractivity contribution in [2.24, 2.45) is 0 Å². The Morgan fingerprint density at radius 2 is 1.50 bits per heavy atom. The molecule has 0 unspecified atom stereocenters. The Morgan fingerprint density at radius 1 is 0.875 bits per heavy atom. The molecule has 0 amide bonds. The van der Waals surface area contributed by atoms with E-state index in [9.17, 15) is 0 Å². The van der Waals surface area contributed by atoms with Crippen LogP contribution in [-0.2, 0) is 0 Å². The summed E-state index contributed by atoms with van der Waals surface area (Å²) >= 11 is 6.17. The summed E-state index contributed by atoms with van der Waals surface area (Å²) in [4.78, 5) is 8.46. The Morgan fingerprint density at radius 3 is 2.21 bits per heavy atom. The number of nitrogens with one attached hydrogen (secondary N) is 2. The van der Waals surface area contributed by atoms with Crippen molar-refractivity contribution in [1.29, 1.82) is 0 Å². The van der Waals surface area contributed by atoms with Crippen molar-refractivity contribution in [3.05, 3.63) is 64.9 Å². The van der Waals surface area contributed by atoms with Crippen molar-refractivity contribution in [3.8, 4) is 0 Å². The molecule has 0 fully saturated rings. The van der Waals surface area contributed by atoms with Crippen LogP contribution in [0.15, 0.2) is 48.8 Å². The van der Waals surface area contributed by atoms with E-state index in [1.54, 1.807) is 6.07 Å². The highest BCUT2D eigenvalue weighted by molar-refractivity contribution is 6.33. The predicted molar refractivity (Wildman–Crippen MR) is 100 cm³/mol. The van der Waals surface area contributed by atoms with Crippen LogP contribution in [0.2, 0.25) is 5.02 Å². The Labute approximate surface area is 145 Å². The van der Waals surface area contributed by atoms with E-state index >= 15 is 0 Å². The summed E-state index contributed by atoms with van der Waals surface area (Å²) in [6.07, 6.45) is 1.46. The minimum atomic E-state index is 0.429. The number of nitrogen functional groups attached to an aromatic ring is 1. The van der Waals surface area contributed by atoms with Gasteiger partial charge in [0.25, 0.3) is 0 Å². The van der Waals surface area contributed by atoms with E-state index in [0.717, 1.165) is 16.9 Å². The van der Waals surface area contributed by atoms with E-state index < -0.39 is 0 Å². The lowest BCUT2D eigenvalue weighted by Crippen LogP contribution is -2.06. The first-order valence-electron chi connectivity index (χ1n) is 7.51. The third-order valence-electron chi connectivity index (χ3n) is 3.87. The maximum Gasteiger partial charge on any atom is 0.159 e. The summed E-state index contributed by atoms with van der Waals surface area (Å²) in [6.45, 7) is 4.12. The number of benzene rings is 2. The number of para-hydroxylation sites is 1. The van der Waals surface area contributed by atoms with Gasteiger partial charge in [-0.25, -0.2) is 9.97 Å². The van der Waals surface area contributed by atoms with Gasteiger partial charge in [-0.1, -0.05) is 35.9 Å². The quantitative estimate of drug-likeness (QED) is 0.635. The zero-order valence-corrected chi connectivity index (χ0v) is 14.2. The lowest BCUT2D eigenvalue weighted by atomic mass is 10.1. The highest BCUT2D eigenvalue weighted by atomic mass is 35.5. The van der Waals surface area contributed by atoms with Gasteiger partial charge in [-0.2, -0.15) is 0 Å². The number of nitrogens with zero attached hydrogens (tertiary/aromatic N) is 2. The first kappa shape index (κ1) is 16.1. The number of nitrogens with two attached hydrogens (primary N) is 1. The van der Waals surface area contributed by atoms with Crippen LogP contribution in [0.1, 0.15) is 11.1 Å². The van der Waals surface area contributed by atoms with Crippen LogP contribution in [0.5, 0.6) is 0 Å². The van der Waals surface area contributed by atoms with Crippen LogP contribution in [0, 0.1) is 13.8 Å². The Balaban J connectivity index is 1.91. The third kappa shape index (κ3) is 3.26. The standard InChI is InChI=1S/C18H18ClN5/c1-11-6-5-9-14(12(11)2)23-17-16(20)18(22-10-21-17)24-15-8-4-3-7-13(15)19/h3-10H,20H2,1-2H3,(H2,21,22,23,24). The van der Waals surface area contributed by atoms with Crippen LogP contribution < -0.4 is 16.4 Å². The molecule has 3 rings (SSSR count). The van der Waals surface area contributed by atoms with Gasteiger partial charge in [-0.15, -0.1) is 0 Å². The molecule has 0 saturated heterocycles. The lowest BCUT2D eigenvalue weighted by Gasteiger charge is -2.15. The maximum absolute atomic E-state index is 6.22. The van der Waals surface area contributed by atoms with E-state index in [1.807, 2.05) is 30.3 Å². The SMILES string of the molecule is Cc1cccc(Nc2ncnc(Nc3ccccc3Cl)c2N)c1C. The van der Waals surface area contributed by atoms with Crippen molar-refractivity contribution in [1.82, 2.24) is 9.97 Å². The number of anilines is 5. The molecule has 0 spiro atoms. The summed E-state index contributed by atoms with van der Waals surface area (Å²) in [7, 11) is 0. The van der Waals surface area contributed by atoms with Crippen molar-refractivity contribution in [2.75, 3.05) is 16.4 Å². The second kappa shape index (κ2) is 6.76. The van der Waals surface area contributed by atoms with Crippen LogP contribution >= 0.6 is 11.6 Å². The Bertz CT molecular complexity index is 879. The van der Waals surface area contributed by atoms with Gasteiger partial charge in [0.1, 0.15) is 12.0 Å². The molecule has 0 radical (unpaired) electrons. The van der Waals surface area contributed by atoms with Gasteiger partial charge >= 0.3 is 0 Å². The second-order valence-electron chi connectivity index (χ2n) is 5.46. The first-order chi connectivity index (χ1) is 11.6. The van der Waals surface area contributed by atoms with Crippen LogP contribution in [0.4, 0.5) is 28.7 Å². The van der Waals surface area contributed by atoms with Gasteiger partial charge in [-0.3, -0.25) is 0 Å². The molecule has 0 aliphatic rings. The largest absolute Gasteiger partial charge is 0.393 e. The predicted octanol–water partition coefficient (Wildman–Crippen LogP) is 4.82. The fraction of sp³-hybridized carbons (Fsp3) is 0.111. The normalized spacial score (nSPS) is 10.5. The van der Waals surface area contributed by atoms with Gasteiger partial charge in [0.15, 0.2) is 11.6 Å². The zero-order chi connectivity index (χ0) is 17.1. The average Bonchev–Trinajstić information content (AvgIpc) is 2.57. The van der Waals surface area contributed by atoms with Crippen molar-refractivity contribution in [2.45, 2.75) is 13.8 Å². The minimum absolute atomic E-state index is 0.429. The Hall–Kier alpha value is -2.79. The van der Waals surface area contributed by atoms with Gasteiger partial charge in [0, 0.05) is 5.69 Å². The lowest BCUT2D eigenvalue weighted by molar-refractivity contribution is 1.17. The molecule has 0 atom stereocenters. The third-order valence-corrected chi connectivity index (χ3v) is 4.20. The molecule has 6 heteroatoms. The van der Waals surface area contributed by atoms with Crippen molar-refractivity contribution < 1.29 is 0 Å². The number of hydrogen-bond donors (Lipinski definition) is 3. The number of hydrogen-bond acceptors (Lipinski definition) is 5. The molecule has 0 aliphatic heterocycles. The Kier molecular flexibility index (Phi) is 4.53. The molecule has 0 saturated carbocycles. The average molecular weight is 340 g/mol. The number of aromatic nitrogens is 2. The summed E-state index contributed by atoms with van der Waals surface area (Å²) in [5, 5.41) is 7.01. The van der Waals surface area contributed by atoms with Crippen molar-refractivity contribution in [3.63, 3.8) is 0 Å². The summed E-state index contributed by atoms with van der Waals surface area (Å²) in [5.41, 5.74) is 10.7. The van der Waals surface area contributed by atoms with E-state index in [1.165, 1.54) is 11.9 Å². The summed E-state index contributed by atoms with van der Waals surface area (Å²) in [5.74, 6) is 1.05. The fourth-order valence-electron chi connectivity index (χ4n) is 2.30. The van der Waals surface area contributed by atoms with E-state index in [-0.39, 0.29) is 0 Å². The van der Waals surface area contributed by atoms with Crippen LogP contribution in [0.3, 0.4) is 0 Å². The monoisotopic (exact) mass is 339 g/mol. The molecule has 0 aliphatic carbocycles. The van der Waals surface area contributed by atoms with Gasteiger partial charge in [-0.05, 0) is 43.2 Å². The smallest absolute Gasteiger partial charge is 0.159 e. The summed E-state index contributed by atoms with van der Waals surface area (Å²) < 4.78 is 0. The molecule has 24 heavy (non-hydrogen) atoms. The topological polar surface area (TPSA) is 75.9 Å². The molecule has 0 bridgehead atoms. The van der Waals surface area contributed by atoms with E-state index in [2.05, 4.69) is 40.5 Å². The molecule has 122 valence electrons. The molecule has 4 N–H and O–H groups in total. The molecule has 2 aromatic carbocycles. The highest BCUT2D eigenvalue weighted by Crippen LogP contribution is 2.31. The molecule has 5 nitrogen and oxygen atoms in total. The molecule has 1 heterocycles. The highest BCUT2D eigenvalue weighted by Gasteiger charge is 2.11. The first-order valence-corrected chi connectivity index (χ1v) is 7.89. The van der Waals surface area contributed by atoms with Gasteiger partial charge in [0.05, 0.1) is 10.7 Å². The molecular weight excluding hydrogens is 322 g/mol. The summed E-state index contributed by atoms with van der Waals surface area (Å²) in [6, 6.07) is 13.5. The number of rotatable bonds is 4. The molecule has 3 aromatic rings. The number of aryl methyl sites for hydroxylation is 1. The van der Waals surface area contributed by atoms with Gasteiger partial charge in [0.2, 0.25) is 0 Å². The zero-order valence-electron chi connectivity index (χ0n) is 13.5. The van der Waals surface area contributed by atoms with E-state index in [4.69, 9.17) is 17.3 Å². The second-order valence-corrected chi connectivity index (χ2v) is 5.87. The van der Waals surface area contributed by atoms with Crippen molar-refractivity contribution >= 4 is 40.3 Å². The van der Waals surface area contributed by atoms with Gasteiger partial charge < -0.3 is 16.4 Å². The maximum atomic E-state index is 6.22. The molecular formula is C18H18ClN5. The van der Waals surface area contributed by atoms with E-state index in [0.29, 0.717) is 22.3 Å². The molecule has 1 aromatic heterocycles.